The van der Waals surface area contributed by atoms with Crippen LogP contribution in [0.5, 0.6) is 0 Å². The van der Waals surface area contributed by atoms with Crippen molar-refractivity contribution >= 4 is 0 Å². The van der Waals surface area contributed by atoms with E-state index in [0.29, 0.717) is 0 Å². The summed E-state index contributed by atoms with van der Waals surface area (Å²) in [5.41, 5.74) is 0. The Bertz CT molecular complexity index is 124. The molecule has 2 aliphatic heterocycles. The van der Waals surface area contributed by atoms with Gasteiger partial charge in [-0.05, 0) is 18.8 Å². The van der Waals surface area contributed by atoms with Gasteiger partial charge < -0.3 is 0 Å². The summed E-state index contributed by atoms with van der Waals surface area (Å²) in [6.45, 7) is 4.40. The zero-order valence-corrected chi connectivity index (χ0v) is 6.55. The van der Waals surface area contributed by atoms with E-state index in [1.807, 2.05) is 0 Å². The van der Waals surface area contributed by atoms with Crippen molar-refractivity contribution in [3.05, 3.63) is 0 Å². The third kappa shape index (κ3) is 0.956. The van der Waals surface area contributed by atoms with E-state index in [1.165, 1.54) is 19.3 Å². The van der Waals surface area contributed by atoms with Crippen molar-refractivity contribution in [1.29, 1.82) is 0 Å². The Kier molecular flexibility index (Phi) is 1.66. The maximum Gasteiger partial charge on any atom is 0.0726 e. The van der Waals surface area contributed by atoms with Crippen LogP contribution in [0.2, 0.25) is 0 Å². The second kappa shape index (κ2) is 2.51. The molecule has 2 saturated heterocycles. The van der Waals surface area contributed by atoms with Gasteiger partial charge in [0.2, 0.25) is 0 Å². The molecule has 10 heavy (non-hydrogen) atoms. The second-order valence-electron chi connectivity index (χ2n) is 3.48. The highest BCUT2D eigenvalue weighted by Gasteiger charge is 2.33. The quantitative estimate of drug-likeness (QED) is 0.506. The lowest BCUT2D eigenvalue weighted by Gasteiger charge is -2.28. The molecule has 0 N–H and O–H groups in total. The first-order chi connectivity index (χ1) is 4.88. The summed E-state index contributed by atoms with van der Waals surface area (Å²) in [7, 11) is 0. The molecule has 2 atom stereocenters. The van der Waals surface area contributed by atoms with E-state index >= 15 is 0 Å². The molecule has 2 heteroatoms. The van der Waals surface area contributed by atoms with Crippen LogP contribution in [0.25, 0.3) is 0 Å². The van der Waals surface area contributed by atoms with Gasteiger partial charge in [-0.3, -0.25) is 4.84 Å². The number of piperidine rings is 1. The lowest BCUT2D eigenvalue weighted by molar-refractivity contribution is -0.142. The molecule has 0 amide bonds. The van der Waals surface area contributed by atoms with E-state index in [1.54, 1.807) is 0 Å². The molecule has 0 aromatic heterocycles. The lowest BCUT2D eigenvalue weighted by Crippen LogP contribution is -2.35. The fourth-order valence-electron chi connectivity index (χ4n) is 1.98. The van der Waals surface area contributed by atoms with Gasteiger partial charge in [0.05, 0.1) is 6.61 Å². The third-order valence-corrected chi connectivity index (χ3v) is 2.66. The van der Waals surface area contributed by atoms with Crippen LogP contribution in [0.1, 0.15) is 26.2 Å². The Balaban J connectivity index is 2.01. The van der Waals surface area contributed by atoms with Crippen LogP contribution in [0.3, 0.4) is 0 Å². The van der Waals surface area contributed by atoms with E-state index in [9.17, 15) is 0 Å². The molecule has 0 aromatic rings. The average Bonchev–Trinajstić information content (AvgIpc) is 2.34. The highest BCUT2D eigenvalue weighted by molar-refractivity contribution is 4.80. The Morgan fingerprint density at radius 1 is 1.40 bits per heavy atom. The molecule has 2 nitrogen and oxygen atoms in total. The van der Waals surface area contributed by atoms with E-state index < -0.39 is 0 Å². The van der Waals surface area contributed by atoms with Crippen LogP contribution in [0, 0.1) is 5.92 Å². The van der Waals surface area contributed by atoms with Gasteiger partial charge in [0.15, 0.2) is 0 Å². The Hall–Kier alpha value is -0.0800. The van der Waals surface area contributed by atoms with Gasteiger partial charge in [-0.25, -0.2) is 0 Å². The Labute approximate surface area is 62.1 Å². The standard InChI is InChI=1S/C8H15NO/c1-7-6-10-9-5-3-2-4-8(7)9/h7-8H,2-6H2,1H3/t7-,8+/m0/s1. The van der Waals surface area contributed by atoms with Gasteiger partial charge in [0.1, 0.15) is 0 Å². The van der Waals surface area contributed by atoms with Crippen molar-refractivity contribution in [3.63, 3.8) is 0 Å². The fraction of sp³-hybridized carbons (Fsp3) is 1.00. The summed E-state index contributed by atoms with van der Waals surface area (Å²) in [5, 5.41) is 2.19. The number of hydroxylamine groups is 2. The van der Waals surface area contributed by atoms with Crippen LogP contribution in [0.4, 0.5) is 0 Å². The van der Waals surface area contributed by atoms with Crippen molar-refractivity contribution in [2.45, 2.75) is 32.2 Å². The first-order valence-electron chi connectivity index (χ1n) is 4.27. The summed E-state index contributed by atoms with van der Waals surface area (Å²) in [6, 6.07) is 0.744. The minimum absolute atomic E-state index is 0.744. The largest absolute Gasteiger partial charge is 0.298 e. The van der Waals surface area contributed by atoms with Crippen LogP contribution < -0.4 is 0 Å². The molecule has 0 spiro atoms. The van der Waals surface area contributed by atoms with Crippen molar-refractivity contribution in [3.8, 4) is 0 Å². The molecule has 2 rings (SSSR count). The first kappa shape index (κ1) is 6.62. The lowest BCUT2D eigenvalue weighted by atomic mass is 9.95. The molecule has 0 aliphatic carbocycles. The van der Waals surface area contributed by atoms with Gasteiger partial charge in [0.25, 0.3) is 0 Å². The Morgan fingerprint density at radius 2 is 2.30 bits per heavy atom. The molecule has 2 aliphatic rings. The van der Waals surface area contributed by atoms with E-state index in [0.717, 1.165) is 25.1 Å². The molecular formula is C8H15NO. The van der Waals surface area contributed by atoms with E-state index in [-0.39, 0.29) is 0 Å². The number of hydrogen-bond donors (Lipinski definition) is 0. The normalized spacial score (nSPS) is 41.7. The van der Waals surface area contributed by atoms with Crippen LogP contribution >= 0.6 is 0 Å². The zero-order chi connectivity index (χ0) is 6.97. The average molecular weight is 141 g/mol. The number of hydrogen-bond acceptors (Lipinski definition) is 2. The van der Waals surface area contributed by atoms with Crippen molar-refractivity contribution < 1.29 is 4.84 Å². The molecule has 0 aromatic carbocycles. The molecule has 0 radical (unpaired) electrons. The van der Waals surface area contributed by atoms with Crippen LogP contribution in [-0.2, 0) is 4.84 Å². The van der Waals surface area contributed by atoms with Crippen molar-refractivity contribution in [1.82, 2.24) is 5.06 Å². The van der Waals surface area contributed by atoms with E-state index in [2.05, 4.69) is 12.0 Å². The maximum atomic E-state index is 5.50. The minimum atomic E-state index is 0.744. The molecule has 0 bridgehead atoms. The topological polar surface area (TPSA) is 12.5 Å². The minimum Gasteiger partial charge on any atom is -0.298 e. The van der Waals surface area contributed by atoms with Crippen molar-refractivity contribution in [2.24, 2.45) is 5.92 Å². The predicted molar refractivity (Wildman–Crippen MR) is 39.5 cm³/mol. The van der Waals surface area contributed by atoms with Gasteiger partial charge >= 0.3 is 0 Å². The molecule has 58 valence electrons. The summed E-state index contributed by atoms with van der Waals surface area (Å²) >= 11 is 0. The molecular weight excluding hydrogens is 126 g/mol. The number of nitrogens with zero attached hydrogens (tertiary/aromatic N) is 1. The molecule has 0 unspecified atom stereocenters. The smallest absolute Gasteiger partial charge is 0.0726 e. The third-order valence-electron chi connectivity index (χ3n) is 2.66. The highest BCUT2D eigenvalue weighted by atomic mass is 16.7. The number of fused-ring (bicyclic) bond motifs is 1. The first-order valence-corrected chi connectivity index (χ1v) is 4.27. The Morgan fingerprint density at radius 3 is 3.10 bits per heavy atom. The van der Waals surface area contributed by atoms with Gasteiger partial charge in [-0.15, -0.1) is 0 Å². The summed E-state index contributed by atoms with van der Waals surface area (Å²) in [6.07, 6.45) is 4.07. The monoisotopic (exact) mass is 141 g/mol. The summed E-state index contributed by atoms with van der Waals surface area (Å²) in [5.74, 6) is 0.764. The van der Waals surface area contributed by atoms with Crippen molar-refractivity contribution in [2.75, 3.05) is 13.2 Å². The second-order valence-corrected chi connectivity index (χ2v) is 3.48. The summed E-state index contributed by atoms with van der Waals surface area (Å²) in [4.78, 5) is 5.50. The van der Waals surface area contributed by atoms with Gasteiger partial charge in [-0.2, -0.15) is 5.06 Å². The SMILES string of the molecule is C[C@H]1CON2CCCC[C@H]12. The fourth-order valence-corrected chi connectivity index (χ4v) is 1.98. The molecule has 0 saturated carbocycles. The number of rotatable bonds is 0. The zero-order valence-electron chi connectivity index (χ0n) is 6.55. The predicted octanol–water partition coefficient (Wildman–Crippen LogP) is 1.42. The van der Waals surface area contributed by atoms with Gasteiger partial charge in [-0.1, -0.05) is 13.3 Å². The van der Waals surface area contributed by atoms with Crippen LogP contribution in [0.15, 0.2) is 0 Å². The highest BCUT2D eigenvalue weighted by Crippen LogP contribution is 2.28. The molecule has 2 fully saturated rings. The van der Waals surface area contributed by atoms with Gasteiger partial charge in [0, 0.05) is 12.6 Å². The molecule has 2 heterocycles. The van der Waals surface area contributed by atoms with E-state index in [4.69, 9.17) is 4.84 Å². The summed E-state index contributed by atoms with van der Waals surface area (Å²) < 4.78 is 0. The maximum absolute atomic E-state index is 5.50. The van der Waals surface area contributed by atoms with Crippen LogP contribution in [-0.4, -0.2) is 24.3 Å².